The first kappa shape index (κ1) is 22.2. The molecule has 0 saturated heterocycles. The van der Waals surface area contributed by atoms with Crippen LogP contribution in [-0.4, -0.2) is 52.1 Å². The van der Waals surface area contributed by atoms with Crippen LogP contribution in [-0.2, 0) is 0 Å². The van der Waals surface area contributed by atoms with Gasteiger partial charge in [0.25, 0.3) is 5.91 Å². The van der Waals surface area contributed by atoms with E-state index in [1.165, 1.54) is 0 Å². The second-order valence-corrected chi connectivity index (χ2v) is 7.35. The number of carbonyl (C=O) groups is 1. The molecule has 1 heterocycles. The molecule has 162 valence electrons. The fourth-order valence-corrected chi connectivity index (χ4v) is 3.37. The monoisotopic (exact) mass is 420 g/mol. The number of phenols is 1. The SMILES string of the molecule is CCN(CC)CCNC(=O)c1cccc(-c2cc(-c3ccc(O)c(C)c3)nc(=O)[nH]2)c1. The minimum absolute atomic E-state index is 0.153. The Labute approximate surface area is 181 Å². The molecule has 1 amide bonds. The van der Waals surface area contributed by atoms with E-state index in [2.05, 4.69) is 34.0 Å². The highest BCUT2D eigenvalue weighted by Gasteiger charge is 2.11. The van der Waals surface area contributed by atoms with Crippen LogP contribution in [0.25, 0.3) is 22.5 Å². The zero-order chi connectivity index (χ0) is 22.4. The lowest BCUT2D eigenvalue weighted by Gasteiger charge is -2.18. The van der Waals surface area contributed by atoms with E-state index in [9.17, 15) is 14.7 Å². The minimum atomic E-state index is -0.479. The maximum absolute atomic E-state index is 12.6. The number of aromatic nitrogens is 2. The fourth-order valence-electron chi connectivity index (χ4n) is 3.37. The summed E-state index contributed by atoms with van der Waals surface area (Å²) in [6.07, 6.45) is 0. The smallest absolute Gasteiger partial charge is 0.345 e. The van der Waals surface area contributed by atoms with E-state index in [0.29, 0.717) is 34.6 Å². The number of aryl methyl sites for hydroxylation is 1. The topological polar surface area (TPSA) is 98.3 Å². The van der Waals surface area contributed by atoms with Crippen molar-refractivity contribution in [2.24, 2.45) is 0 Å². The standard InChI is InChI=1S/C24H28N4O3/c1-4-28(5-2)12-11-25-23(30)19-8-6-7-17(14-19)20-15-21(27-24(31)26-20)18-9-10-22(29)16(3)13-18/h6-10,13-15,29H,4-5,11-12H2,1-3H3,(H,25,30)(H,26,27,31). The second-order valence-electron chi connectivity index (χ2n) is 7.35. The summed E-state index contributed by atoms with van der Waals surface area (Å²) >= 11 is 0. The molecule has 3 aromatic rings. The molecule has 0 unspecified atom stereocenters. The van der Waals surface area contributed by atoms with Crippen LogP contribution < -0.4 is 11.0 Å². The molecule has 31 heavy (non-hydrogen) atoms. The number of benzene rings is 2. The molecule has 7 heteroatoms. The molecule has 0 aliphatic rings. The van der Waals surface area contributed by atoms with E-state index in [4.69, 9.17) is 0 Å². The Bertz CT molecular complexity index is 1120. The van der Waals surface area contributed by atoms with Gasteiger partial charge in [0.1, 0.15) is 5.75 Å². The molecule has 0 bridgehead atoms. The van der Waals surface area contributed by atoms with Crippen LogP contribution >= 0.6 is 0 Å². The van der Waals surface area contributed by atoms with Crippen molar-refractivity contribution in [1.82, 2.24) is 20.2 Å². The van der Waals surface area contributed by atoms with Gasteiger partial charge in [-0.1, -0.05) is 26.0 Å². The zero-order valence-corrected chi connectivity index (χ0v) is 18.1. The maximum atomic E-state index is 12.6. The fraction of sp³-hybridized carbons (Fsp3) is 0.292. The molecule has 0 atom stereocenters. The van der Waals surface area contributed by atoms with Gasteiger partial charge < -0.3 is 20.3 Å². The van der Waals surface area contributed by atoms with Crippen molar-refractivity contribution in [3.8, 4) is 28.3 Å². The van der Waals surface area contributed by atoms with Gasteiger partial charge in [0.2, 0.25) is 0 Å². The third-order valence-electron chi connectivity index (χ3n) is 5.28. The Morgan fingerprint density at radius 2 is 1.87 bits per heavy atom. The quantitative estimate of drug-likeness (QED) is 0.520. The summed E-state index contributed by atoms with van der Waals surface area (Å²) in [5, 5.41) is 12.7. The van der Waals surface area contributed by atoms with Crippen LogP contribution in [0.3, 0.4) is 0 Å². The van der Waals surface area contributed by atoms with Crippen molar-refractivity contribution in [1.29, 1.82) is 0 Å². The number of likely N-dealkylation sites (N-methyl/N-ethyl adjacent to an activating group) is 1. The zero-order valence-electron chi connectivity index (χ0n) is 18.1. The molecular formula is C24H28N4O3. The van der Waals surface area contributed by atoms with E-state index in [1.807, 2.05) is 6.07 Å². The van der Waals surface area contributed by atoms with E-state index in [-0.39, 0.29) is 11.7 Å². The molecule has 3 rings (SSSR count). The van der Waals surface area contributed by atoms with Crippen LogP contribution in [0.15, 0.2) is 53.3 Å². The number of nitrogens with one attached hydrogen (secondary N) is 2. The normalized spacial score (nSPS) is 11.0. The highest BCUT2D eigenvalue weighted by molar-refractivity contribution is 5.95. The molecule has 3 N–H and O–H groups in total. The Morgan fingerprint density at radius 3 is 2.58 bits per heavy atom. The van der Waals surface area contributed by atoms with Crippen LogP contribution in [0, 0.1) is 6.92 Å². The van der Waals surface area contributed by atoms with Gasteiger partial charge in [-0.05, 0) is 67.5 Å². The molecule has 0 fully saturated rings. The minimum Gasteiger partial charge on any atom is -0.508 e. The van der Waals surface area contributed by atoms with Gasteiger partial charge in [-0.15, -0.1) is 0 Å². The van der Waals surface area contributed by atoms with Crippen molar-refractivity contribution in [3.05, 3.63) is 70.1 Å². The summed E-state index contributed by atoms with van der Waals surface area (Å²) in [5.41, 5.74) is 3.25. The van der Waals surface area contributed by atoms with E-state index >= 15 is 0 Å². The van der Waals surface area contributed by atoms with E-state index in [0.717, 1.165) is 25.2 Å². The first-order valence-corrected chi connectivity index (χ1v) is 10.4. The third kappa shape index (κ3) is 5.58. The van der Waals surface area contributed by atoms with Crippen LogP contribution in [0.2, 0.25) is 0 Å². The van der Waals surface area contributed by atoms with E-state index in [1.54, 1.807) is 49.4 Å². The summed E-state index contributed by atoms with van der Waals surface area (Å²) in [6.45, 7) is 9.23. The Kier molecular flexibility index (Phi) is 7.20. The van der Waals surface area contributed by atoms with Gasteiger partial charge in [-0.3, -0.25) is 4.79 Å². The number of hydrogen-bond acceptors (Lipinski definition) is 5. The van der Waals surface area contributed by atoms with Crippen LogP contribution in [0.5, 0.6) is 5.75 Å². The van der Waals surface area contributed by atoms with Crippen molar-refractivity contribution in [2.75, 3.05) is 26.2 Å². The Balaban J connectivity index is 1.83. The number of aromatic hydroxyl groups is 1. The molecule has 0 aliphatic heterocycles. The summed E-state index contributed by atoms with van der Waals surface area (Å²) in [4.78, 5) is 33.8. The molecule has 7 nitrogen and oxygen atoms in total. The maximum Gasteiger partial charge on any atom is 0.345 e. The Morgan fingerprint density at radius 1 is 1.10 bits per heavy atom. The molecule has 0 saturated carbocycles. The largest absolute Gasteiger partial charge is 0.508 e. The number of aromatic amines is 1. The number of carbonyl (C=O) groups excluding carboxylic acids is 1. The molecule has 0 aliphatic carbocycles. The van der Waals surface area contributed by atoms with E-state index < -0.39 is 5.69 Å². The predicted octanol–water partition coefficient (Wildman–Crippen LogP) is 3.19. The summed E-state index contributed by atoms with van der Waals surface area (Å²) in [5.74, 6) is 0.0355. The predicted molar refractivity (Wildman–Crippen MR) is 122 cm³/mol. The molecule has 2 aromatic carbocycles. The van der Waals surface area contributed by atoms with Crippen molar-refractivity contribution in [3.63, 3.8) is 0 Å². The average molecular weight is 421 g/mol. The second kappa shape index (κ2) is 10.0. The number of rotatable bonds is 8. The van der Waals surface area contributed by atoms with Crippen molar-refractivity contribution >= 4 is 5.91 Å². The first-order valence-electron chi connectivity index (χ1n) is 10.4. The highest BCUT2D eigenvalue weighted by atomic mass is 16.3. The van der Waals surface area contributed by atoms with Gasteiger partial charge in [0.05, 0.1) is 11.4 Å². The van der Waals surface area contributed by atoms with Gasteiger partial charge in [0, 0.05) is 24.2 Å². The lowest BCUT2D eigenvalue weighted by molar-refractivity contribution is 0.0949. The van der Waals surface area contributed by atoms with Crippen LogP contribution in [0.4, 0.5) is 0 Å². The number of nitrogens with zero attached hydrogens (tertiary/aromatic N) is 2. The third-order valence-corrected chi connectivity index (χ3v) is 5.28. The van der Waals surface area contributed by atoms with Gasteiger partial charge in [0.15, 0.2) is 0 Å². The molecule has 1 aromatic heterocycles. The van der Waals surface area contributed by atoms with Crippen LogP contribution in [0.1, 0.15) is 29.8 Å². The van der Waals surface area contributed by atoms with Gasteiger partial charge >= 0.3 is 5.69 Å². The van der Waals surface area contributed by atoms with Crippen molar-refractivity contribution < 1.29 is 9.90 Å². The average Bonchev–Trinajstić information content (AvgIpc) is 2.78. The Hall–Kier alpha value is -3.45. The summed E-state index contributed by atoms with van der Waals surface area (Å²) in [7, 11) is 0. The first-order chi connectivity index (χ1) is 14.9. The lowest BCUT2D eigenvalue weighted by Crippen LogP contribution is -2.34. The number of hydrogen-bond donors (Lipinski definition) is 3. The lowest BCUT2D eigenvalue weighted by atomic mass is 10.0. The summed E-state index contributed by atoms with van der Waals surface area (Å²) < 4.78 is 0. The summed E-state index contributed by atoms with van der Waals surface area (Å²) in [6, 6.07) is 14.0. The van der Waals surface area contributed by atoms with Gasteiger partial charge in [-0.2, -0.15) is 4.98 Å². The van der Waals surface area contributed by atoms with Crippen molar-refractivity contribution in [2.45, 2.75) is 20.8 Å². The van der Waals surface area contributed by atoms with Gasteiger partial charge in [-0.25, -0.2) is 4.79 Å². The molecular weight excluding hydrogens is 392 g/mol. The number of H-pyrrole nitrogens is 1. The number of amides is 1. The molecule has 0 spiro atoms. The number of phenolic OH excluding ortho intramolecular Hbond substituents is 1. The molecule has 0 radical (unpaired) electrons. The highest BCUT2D eigenvalue weighted by Crippen LogP contribution is 2.26.